The molecule has 37 heavy (non-hydrogen) atoms. The number of halogens is 3. The van der Waals surface area contributed by atoms with E-state index in [0.29, 0.717) is 30.2 Å². The number of ether oxygens (including phenoxy) is 1. The summed E-state index contributed by atoms with van der Waals surface area (Å²) in [5, 5.41) is 11.6. The molecule has 0 saturated carbocycles. The highest BCUT2D eigenvalue weighted by atomic mass is 19.4. The van der Waals surface area contributed by atoms with Gasteiger partial charge in [-0.25, -0.2) is 4.98 Å². The van der Waals surface area contributed by atoms with Gasteiger partial charge in [0.25, 0.3) is 0 Å². The topological polar surface area (TPSA) is 111 Å². The molecule has 2 heterocycles. The van der Waals surface area contributed by atoms with Crippen molar-refractivity contribution in [1.29, 1.82) is 5.26 Å². The van der Waals surface area contributed by atoms with Crippen LogP contribution in [0, 0.1) is 23.2 Å². The normalized spacial score (nSPS) is 15.1. The number of imidazole rings is 1. The van der Waals surface area contributed by atoms with E-state index in [4.69, 9.17) is 10.00 Å². The SMILES string of the molecule is CN1C(=O)CCC1COc1ccc(-c2ncc(C(F)(F)F)[nH]2)cc1NC(=O)C#Cc1cccc(C#N)c1. The van der Waals surface area contributed by atoms with Crippen LogP contribution < -0.4 is 10.1 Å². The Balaban J connectivity index is 1.59. The van der Waals surface area contributed by atoms with Gasteiger partial charge in [0.1, 0.15) is 23.9 Å². The molecule has 0 bridgehead atoms. The van der Waals surface area contributed by atoms with E-state index in [0.717, 1.165) is 0 Å². The third-order valence-corrected chi connectivity index (χ3v) is 5.76. The Morgan fingerprint density at radius 1 is 1.27 bits per heavy atom. The van der Waals surface area contributed by atoms with Crippen LogP contribution in [-0.2, 0) is 15.8 Å². The summed E-state index contributed by atoms with van der Waals surface area (Å²) in [7, 11) is 1.68. The smallest absolute Gasteiger partial charge is 0.432 e. The van der Waals surface area contributed by atoms with Crippen molar-refractivity contribution in [3.63, 3.8) is 0 Å². The Kier molecular flexibility index (Phi) is 7.16. The highest BCUT2D eigenvalue weighted by Crippen LogP contribution is 2.33. The Labute approximate surface area is 210 Å². The lowest BCUT2D eigenvalue weighted by atomic mass is 10.1. The first-order chi connectivity index (χ1) is 17.6. The van der Waals surface area contributed by atoms with Gasteiger partial charge < -0.3 is 19.9 Å². The number of alkyl halides is 3. The number of nitrogens with zero attached hydrogens (tertiary/aromatic N) is 3. The van der Waals surface area contributed by atoms with Gasteiger partial charge in [0.05, 0.1) is 29.6 Å². The number of benzene rings is 2. The van der Waals surface area contributed by atoms with E-state index in [1.165, 1.54) is 24.3 Å². The van der Waals surface area contributed by atoms with Crippen LogP contribution in [0.5, 0.6) is 5.75 Å². The third-order valence-electron chi connectivity index (χ3n) is 5.76. The molecule has 188 valence electrons. The molecule has 1 aromatic heterocycles. The van der Waals surface area contributed by atoms with Gasteiger partial charge in [-0.2, -0.15) is 18.4 Å². The number of aromatic nitrogens is 2. The lowest BCUT2D eigenvalue weighted by Gasteiger charge is -2.21. The largest absolute Gasteiger partial charge is 0.489 e. The van der Waals surface area contributed by atoms with Gasteiger partial charge in [0, 0.05) is 30.5 Å². The van der Waals surface area contributed by atoms with Crippen molar-refractivity contribution in [1.82, 2.24) is 14.9 Å². The summed E-state index contributed by atoms with van der Waals surface area (Å²) >= 11 is 0. The van der Waals surface area contributed by atoms with Crippen LogP contribution >= 0.6 is 0 Å². The number of hydrogen-bond acceptors (Lipinski definition) is 5. The van der Waals surface area contributed by atoms with Crippen molar-refractivity contribution in [3.05, 3.63) is 65.5 Å². The number of nitrogens with one attached hydrogen (secondary N) is 2. The highest BCUT2D eigenvalue weighted by molar-refractivity contribution is 6.05. The van der Waals surface area contributed by atoms with Crippen LogP contribution in [0.25, 0.3) is 11.4 Å². The van der Waals surface area contributed by atoms with E-state index >= 15 is 0 Å². The molecule has 4 rings (SSSR count). The second kappa shape index (κ2) is 10.5. The molecule has 8 nitrogen and oxygen atoms in total. The van der Waals surface area contributed by atoms with Crippen molar-refractivity contribution in [2.24, 2.45) is 0 Å². The van der Waals surface area contributed by atoms with E-state index in [2.05, 4.69) is 27.1 Å². The fourth-order valence-corrected chi connectivity index (χ4v) is 3.71. The zero-order valence-electron chi connectivity index (χ0n) is 19.5. The van der Waals surface area contributed by atoms with Gasteiger partial charge in [-0.05, 0) is 42.8 Å². The average molecular weight is 507 g/mol. The third kappa shape index (κ3) is 6.08. The number of rotatable bonds is 5. The predicted octanol–water partition coefficient (Wildman–Crippen LogP) is 3.96. The molecular formula is C26H20F3N5O3. The molecule has 1 fully saturated rings. The molecular weight excluding hydrogens is 487 g/mol. The van der Waals surface area contributed by atoms with Crippen LogP contribution in [0.2, 0.25) is 0 Å². The number of H-pyrrole nitrogens is 1. The Morgan fingerprint density at radius 2 is 2.05 bits per heavy atom. The Bertz CT molecular complexity index is 1450. The Morgan fingerprint density at radius 3 is 2.73 bits per heavy atom. The minimum atomic E-state index is -4.59. The average Bonchev–Trinajstić information content (AvgIpc) is 3.50. The van der Waals surface area contributed by atoms with Crippen LogP contribution in [-0.4, -0.2) is 46.4 Å². The number of hydrogen-bond donors (Lipinski definition) is 2. The molecule has 0 aliphatic carbocycles. The van der Waals surface area contributed by atoms with Gasteiger partial charge >= 0.3 is 12.1 Å². The maximum atomic E-state index is 13.0. The van der Waals surface area contributed by atoms with Crippen molar-refractivity contribution >= 4 is 17.5 Å². The summed E-state index contributed by atoms with van der Waals surface area (Å²) in [6.45, 7) is 0.163. The summed E-state index contributed by atoms with van der Waals surface area (Å²) < 4.78 is 44.9. The molecule has 1 aliphatic heterocycles. The van der Waals surface area contributed by atoms with Crippen LogP contribution in [0.15, 0.2) is 48.7 Å². The molecule has 11 heteroatoms. The van der Waals surface area contributed by atoms with Crippen molar-refractivity contribution in [2.45, 2.75) is 25.1 Å². The lowest BCUT2D eigenvalue weighted by molar-refractivity contribution is -0.140. The molecule has 0 radical (unpaired) electrons. The van der Waals surface area contributed by atoms with Gasteiger partial charge in [-0.1, -0.05) is 12.0 Å². The van der Waals surface area contributed by atoms with Gasteiger partial charge in [-0.15, -0.1) is 0 Å². The first-order valence-electron chi connectivity index (χ1n) is 11.1. The molecule has 1 aliphatic rings. The van der Waals surface area contributed by atoms with Gasteiger partial charge in [0.15, 0.2) is 0 Å². The van der Waals surface area contributed by atoms with Crippen molar-refractivity contribution in [2.75, 3.05) is 19.0 Å². The first-order valence-corrected chi connectivity index (χ1v) is 11.1. The van der Waals surface area contributed by atoms with E-state index in [-0.39, 0.29) is 41.4 Å². The summed E-state index contributed by atoms with van der Waals surface area (Å²) in [4.78, 5) is 32.0. The zero-order valence-corrected chi connectivity index (χ0v) is 19.5. The van der Waals surface area contributed by atoms with Crippen molar-refractivity contribution < 1.29 is 27.5 Å². The van der Waals surface area contributed by atoms with E-state index in [1.54, 1.807) is 30.1 Å². The molecule has 2 amide bonds. The number of amides is 2. The summed E-state index contributed by atoms with van der Waals surface area (Å²) in [6.07, 6.45) is -2.87. The molecule has 0 spiro atoms. The number of nitriles is 1. The molecule has 1 unspecified atom stereocenters. The predicted molar refractivity (Wildman–Crippen MR) is 127 cm³/mol. The number of likely N-dealkylation sites (N-methyl/N-ethyl adjacent to an activating group) is 1. The minimum absolute atomic E-state index is 0.00602. The van der Waals surface area contributed by atoms with E-state index in [1.807, 2.05) is 6.07 Å². The Hall–Kier alpha value is -4.77. The molecule has 2 aromatic carbocycles. The zero-order chi connectivity index (χ0) is 26.6. The second-order valence-electron chi connectivity index (χ2n) is 8.26. The van der Waals surface area contributed by atoms with Crippen LogP contribution in [0.3, 0.4) is 0 Å². The van der Waals surface area contributed by atoms with E-state index < -0.39 is 17.8 Å². The first kappa shape index (κ1) is 25.3. The molecule has 3 aromatic rings. The summed E-state index contributed by atoms with van der Waals surface area (Å²) in [5.74, 6) is 4.61. The monoisotopic (exact) mass is 507 g/mol. The summed E-state index contributed by atoms with van der Waals surface area (Å²) in [6, 6.07) is 12.7. The standard InChI is InChI=1S/C26H20F3N5O3/c1-34-19(7-10-24(34)36)15-37-21-8-6-18(25-31-14-22(33-25)26(27,28)29)12-20(21)32-23(35)9-5-16-3-2-4-17(11-16)13-30/h2-4,6,8,11-12,14,19H,7,10,15H2,1H3,(H,31,33)(H,32,35). The molecule has 1 atom stereocenters. The van der Waals surface area contributed by atoms with Gasteiger partial charge in [-0.3, -0.25) is 9.59 Å². The van der Waals surface area contributed by atoms with Crippen molar-refractivity contribution in [3.8, 4) is 35.0 Å². The number of likely N-dealkylation sites (tertiary alicyclic amines) is 1. The summed E-state index contributed by atoms with van der Waals surface area (Å²) in [5.41, 5.74) is 0.291. The molecule has 1 saturated heterocycles. The van der Waals surface area contributed by atoms with Crippen LogP contribution in [0.4, 0.5) is 18.9 Å². The fourth-order valence-electron chi connectivity index (χ4n) is 3.71. The maximum Gasteiger partial charge on any atom is 0.432 e. The number of carbonyl (C=O) groups excluding carboxylic acids is 2. The minimum Gasteiger partial charge on any atom is -0.489 e. The quantitative estimate of drug-likeness (QED) is 0.508. The molecule has 2 N–H and O–H groups in total. The number of anilines is 1. The fraction of sp³-hybridized carbons (Fsp3) is 0.231. The van der Waals surface area contributed by atoms with Crippen LogP contribution in [0.1, 0.15) is 29.7 Å². The highest BCUT2D eigenvalue weighted by Gasteiger charge is 2.33. The number of aromatic amines is 1. The maximum absolute atomic E-state index is 13.0. The number of carbonyl (C=O) groups is 2. The second-order valence-corrected chi connectivity index (χ2v) is 8.26. The van der Waals surface area contributed by atoms with E-state index in [9.17, 15) is 22.8 Å². The van der Waals surface area contributed by atoms with Gasteiger partial charge in [0.2, 0.25) is 5.91 Å². The lowest BCUT2D eigenvalue weighted by Crippen LogP contribution is -2.33.